The normalized spacial score (nSPS) is 21.3. The minimum absolute atomic E-state index is 0.101. The van der Waals surface area contributed by atoms with E-state index >= 15 is 0 Å². The van der Waals surface area contributed by atoms with Crippen molar-refractivity contribution in [3.05, 3.63) is 29.8 Å². The Morgan fingerprint density at radius 2 is 2.27 bits per heavy atom. The summed E-state index contributed by atoms with van der Waals surface area (Å²) in [6.07, 6.45) is 2.42. The summed E-state index contributed by atoms with van der Waals surface area (Å²) in [5.74, 6) is 0. The van der Waals surface area contributed by atoms with Gasteiger partial charge in [-0.2, -0.15) is 0 Å². The summed E-state index contributed by atoms with van der Waals surface area (Å²) in [6, 6.07) is 8.43. The lowest BCUT2D eigenvalue weighted by atomic mass is 10.1. The van der Waals surface area contributed by atoms with E-state index < -0.39 is 0 Å². The summed E-state index contributed by atoms with van der Waals surface area (Å²) in [4.78, 5) is 0. The number of piperidine rings is 1. The van der Waals surface area contributed by atoms with Crippen molar-refractivity contribution >= 4 is 5.69 Å². The maximum Gasteiger partial charge on any atom is 0.0701 e. The van der Waals surface area contributed by atoms with Gasteiger partial charge in [-0.15, -0.1) is 0 Å². The number of aliphatic hydroxyl groups is 1. The van der Waals surface area contributed by atoms with E-state index in [2.05, 4.69) is 10.6 Å². The first-order valence-electron chi connectivity index (χ1n) is 5.56. The second-order valence-corrected chi connectivity index (χ2v) is 4.00. The average Bonchev–Trinajstić information content (AvgIpc) is 2.31. The molecule has 2 rings (SSSR count). The molecule has 0 bridgehead atoms. The lowest BCUT2D eigenvalue weighted by molar-refractivity contribution is 0.282. The van der Waals surface area contributed by atoms with E-state index in [1.54, 1.807) is 0 Å². The maximum atomic E-state index is 9.19. The zero-order valence-corrected chi connectivity index (χ0v) is 8.87. The van der Waals surface area contributed by atoms with E-state index in [0.717, 1.165) is 24.3 Å². The first-order valence-corrected chi connectivity index (χ1v) is 5.56. The van der Waals surface area contributed by atoms with Gasteiger partial charge in [0.15, 0.2) is 0 Å². The van der Waals surface area contributed by atoms with Gasteiger partial charge in [0.1, 0.15) is 0 Å². The molecule has 3 N–H and O–H groups in total. The predicted octanol–water partition coefficient (Wildman–Crippen LogP) is 1.34. The summed E-state index contributed by atoms with van der Waals surface area (Å²) in [5, 5.41) is 16.0. The summed E-state index contributed by atoms with van der Waals surface area (Å²) >= 11 is 0. The van der Waals surface area contributed by atoms with E-state index in [1.165, 1.54) is 12.8 Å². The van der Waals surface area contributed by atoms with E-state index in [4.69, 9.17) is 0 Å². The molecule has 1 heterocycles. The lowest BCUT2D eigenvalue weighted by Crippen LogP contribution is -2.38. The Kier molecular flexibility index (Phi) is 3.59. The highest BCUT2D eigenvalue weighted by molar-refractivity contribution is 5.51. The van der Waals surface area contributed by atoms with Gasteiger partial charge in [-0.25, -0.2) is 0 Å². The van der Waals surface area contributed by atoms with Crippen molar-refractivity contribution in [1.82, 2.24) is 5.32 Å². The molecule has 1 fully saturated rings. The fourth-order valence-electron chi connectivity index (χ4n) is 1.99. The predicted molar refractivity (Wildman–Crippen MR) is 61.9 cm³/mol. The van der Waals surface area contributed by atoms with Gasteiger partial charge in [0.2, 0.25) is 0 Å². The Labute approximate surface area is 90.5 Å². The van der Waals surface area contributed by atoms with Crippen molar-refractivity contribution in [2.45, 2.75) is 25.5 Å². The first-order chi connectivity index (χ1) is 7.40. The summed E-state index contributed by atoms with van der Waals surface area (Å²) in [6.45, 7) is 2.24. The van der Waals surface area contributed by atoms with Crippen LogP contribution in [0.1, 0.15) is 18.4 Å². The second kappa shape index (κ2) is 5.14. The smallest absolute Gasteiger partial charge is 0.0701 e. The summed E-state index contributed by atoms with van der Waals surface area (Å²) in [5.41, 5.74) is 2.04. The monoisotopic (exact) mass is 206 g/mol. The molecular formula is C12H18N2O. The minimum atomic E-state index is 0.101. The molecule has 1 unspecified atom stereocenters. The van der Waals surface area contributed by atoms with Crippen molar-refractivity contribution in [2.75, 3.05) is 18.4 Å². The molecule has 0 aliphatic carbocycles. The second-order valence-electron chi connectivity index (χ2n) is 4.00. The number of anilines is 1. The Morgan fingerprint density at radius 3 is 3.00 bits per heavy atom. The first kappa shape index (κ1) is 10.5. The van der Waals surface area contributed by atoms with Crippen molar-refractivity contribution < 1.29 is 5.11 Å². The SMILES string of the molecule is OCc1ccccc1NC1CCCNC1. The topological polar surface area (TPSA) is 44.3 Å². The maximum absolute atomic E-state index is 9.19. The molecular weight excluding hydrogens is 188 g/mol. The summed E-state index contributed by atoms with van der Waals surface area (Å²) in [7, 11) is 0. The third kappa shape index (κ3) is 2.70. The molecule has 15 heavy (non-hydrogen) atoms. The molecule has 3 heteroatoms. The van der Waals surface area contributed by atoms with Crippen LogP contribution in [0.25, 0.3) is 0 Å². The molecule has 0 aromatic heterocycles. The van der Waals surface area contributed by atoms with Crippen molar-refractivity contribution in [1.29, 1.82) is 0 Å². The zero-order valence-electron chi connectivity index (χ0n) is 8.87. The molecule has 3 nitrogen and oxygen atoms in total. The molecule has 82 valence electrons. The minimum Gasteiger partial charge on any atom is -0.392 e. The van der Waals surface area contributed by atoms with Crippen LogP contribution < -0.4 is 10.6 Å². The van der Waals surface area contributed by atoms with Crippen LogP contribution in [0.4, 0.5) is 5.69 Å². The largest absolute Gasteiger partial charge is 0.392 e. The molecule has 1 aromatic carbocycles. The van der Waals surface area contributed by atoms with Crippen LogP contribution in [-0.4, -0.2) is 24.2 Å². The Bertz CT molecular complexity index is 308. The van der Waals surface area contributed by atoms with Gasteiger partial charge in [0, 0.05) is 23.8 Å². The van der Waals surface area contributed by atoms with Gasteiger partial charge in [-0.05, 0) is 25.5 Å². The average molecular weight is 206 g/mol. The molecule has 0 spiro atoms. The third-order valence-electron chi connectivity index (χ3n) is 2.84. The highest BCUT2D eigenvalue weighted by atomic mass is 16.3. The number of rotatable bonds is 3. The Hall–Kier alpha value is -1.06. The van der Waals surface area contributed by atoms with Crippen LogP contribution in [0.5, 0.6) is 0 Å². The molecule has 0 saturated carbocycles. The van der Waals surface area contributed by atoms with E-state index in [9.17, 15) is 5.11 Å². The van der Waals surface area contributed by atoms with Crippen molar-refractivity contribution in [3.8, 4) is 0 Å². The molecule has 1 aromatic rings. The Morgan fingerprint density at radius 1 is 1.40 bits per heavy atom. The highest BCUT2D eigenvalue weighted by Gasteiger charge is 2.13. The molecule has 1 aliphatic rings. The van der Waals surface area contributed by atoms with Crippen molar-refractivity contribution in [2.24, 2.45) is 0 Å². The molecule has 0 radical (unpaired) electrons. The molecule has 1 saturated heterocycles. The van der Waals surface area contributed by atoms with E-state index in [1.807, 2.05) is 24.3 Å². The van der Waals surface area contributed by atoms with E-state index in [0.29, 0.717) is 6.04 Å². The number of nitrogens with one attached hydrogen (secondary N) is 2. The van der Waals surface area contributed by atoms with Crippen LogP contribution in [0.15, 0.2) is 24.3 Å². The Balaban J connectivity index is 2.02. The standard InChI is InChI=1S/C12H18N2O/c15-9-10-4-1-2-6-12(10)14-11-5-3-7-13-8-11/h1-2,4,6,11,13-15H,3,5,7-9H2. The zero-order chi connectivity index (χ0) is 10.5. The number of hydrogen-bond acceptors (Lipinski definition) is 3. The van der Waals surface area contributed by atoms with Gasteiger partial charge in [0.25, 0.3) is 0 Å². The number of para-hydroxylation sites is 1. The van der Waals surface area contributed by atoms with Crippen molar-refractivity contribution in [3.63, 3.8) is 0 Å². The lowest BCUT2D eigenvalue weighted by Gasteiger charge is -2.25. The highest BCUT2D eigenvalue weighted by Crippen LogP contribution is 2.17. The molecule has 1 aliphatic heterocycles. The fourth-order valence-corrected chi connectivity index (χ4v) is 1.99. The van der Waals surface area contributed by atoms with Gasteiger partial charge in [-0.1, -0.05) is 18.2 Å². The van der Waals surface area contributed by atoms with Gasteiger partial charge in [-0.3, -0.25) is 0 Å². The number of benzene rings is 1. The number of hydrogen-bond donors (Lipinski definition) is 3. The van der Waals surface area contributed by atoms with Crippen LogP contribution in [0.3, 0.4) is 0 Å². The van der Waals surface area contributed by atoms with Gasteiger partial charge in [0.05, 0.1) is 6.61 Å². The molecule has 0 amide bonds. The van der Waals surface area contributed by atoms with Crippen LogP contribution in [0.2, 0.25) is 0 Å². The summed E-state index contributed by atoms with van der Waals surface area (Å²) < 4.78 is 0. The third-order valence-corrected chi connectivity index (χ3v) is 2.84. The van der Waals surface area contributed by atoms with Crippen LogP contribution >= 0.6 is 0 Å². The van der Waals surface area contributed by atoms with Gasteiger partial charge >= 0.3 is 0 Å². The van der Waals surface area contributed by atoms with Gasteiger partial charge < -0.3 is 15.7 Å². The van der Waals surface area contributed by atoms with Crippen LogP contribution in [0, 0.1) is 0 Å². The molecule has 1 atom stereocenters. The quantitative estimate of drug-likeness (QED) is 0.699. The van der Waals surface area contributed by atoms with E-state index in [-0.39, 0.29) is 6.61 Å². The van der Waals surface area contributed by atoms with Crippen LogP contribution in [-0.2, 0) is 6.61 Å². The fraction of sp³-hybridized carbons (Fsp3) is 0.500. The number of aliphatic hydroxyl groups excluding tert-OH is 1.